The number of alkyl halides is 1. The molecule has 1 heterocycles. The van der Waals surface area contributed by atoms with Crippen LogP contribution in [0.1, 0.15) is 19.4 Å². The fourth-order valence-electron chi connectivity index (χ4n) is 2.15. The van der Waals surface area contributed by atoms with Crippen molar-refractivity contribution in [3.05, 3.63) is 29.8 Å². The molecule has 1 aliphatic rings. The summed E-state index contributed by atoms with van der Waals surface area (Å²) in [5.41, 5.74) is 1.76. The zero-order valence-corrected chi connectivity index (χ0v) is 12.1. The summed E-state index contributed by atoms with van der Waals surface area (Å²) in [6.45, 7) is 4.48. The van der Waals surface area contributed by atoms with Crippen molar-refractivity contribution in [3.8, 4) is 0 Å². The summed E-state index contributed by atoms with van der Waals surface area (Å²) in [6.07, 6.45) is 0. The molecule has 0 atom stereocenters. The van der Waals surface area contributed by atoms with Crippen molar-refractivity contribution in [1.29, 1.82) is 0 Å². The van der Waals surface area contributed by atoms with E-state index in [1.807, 2.05) is 38.1 Å². The number of fused-ring (bicyclic) bond motifs is 1. The van der Waals surface area contributed by atoms with Crippen molar-refractivity contribution in [3.63, 3.8) is 0 Å². The molecule has 0 saturated heterocycles. The molecular formula is C12H17ClN2O2S. The normalized spacial score (nSPS) is 19.0. The SMILES string of the molecule is CC(C)N1Cc2ccccc2N(CCCl)S1(=O)=O. The van der Waals surface area contributed by atoms with E-state index in [-0.39, 0.29) is 11.9 Å². The molecule has 1 aliphatic heterocycles. The molecule has 0 aromatic heterocycles. The Morgan fingerprint density at radius 3 is 2.61 bits per heavy atom. The first-order chi connectivity index (χ1) is 8.48. The zero-order chi connectivity index (χ0) is 13.3. The van der Waals surface area contributed by atoms with Crippen molar-refractivity contribution >= 4 is 27.5 Å². The van der Waals surface area contributed by atoms with Gasteiger partial charge in [0.25, 0.3) is 0 Å². The third kappa shape index (κ3) is 2.22. The molecule has 0 amide bonds. The second-order valence-corrected chi connectivity index (χ2v) is 6.72. The Bertz CT molecular complexity index is 531. The average Bonchev–Trinajstić information content (AvgIpc) is 2.32. The van der Waals surface area contributed by atoms with Gasteiger partial charge in [-0.1, -0.05) is 18.2 Å². The van der Waals surface area contributed by atoms with Crippen molar-refractivity contribution in [1.82, 2.24) is 4.31 Å². The molecule has 0 saturated carbocycles. The van der Waals surface area contributed by atoms with Crippen LogP contribution in [0.15, 0.2) is 24.3 Å². The maximum atomic E-state index is 12.5. The Labute approximate surface area is 113 Å². The molecule has 0 radical (unpaired) electrons. The monoisotopic (exact) mass is 288 g/mol. The van der Waals surface area contributed by atoms with Gasteiger partial charge in [0, 0.05) is 25.0 Å². The maximum Gasteiger partial charge on any atom is 0.304 e. The number of benzene rings is 1. The summed E-state index contributed by atoms with van der Waals surface area (Å²) in [6, 6.07) is 7.49. The number of para-hydroxylation sites is 1. The highest BCUT2D eigenvalue weighted by molar-refractivity contribution is 7.90. The topological polar surface area (TPSA) is 40.6 Å². The predicted molar refractivity (Wildman–Crippen MR) is 74.1 cm³/mol. The first-order valence-corrected chi connectivity index (χ1v) is 7.85. The predicted octanol–water partition coefficient (Wildman–Crippen LogP) is 2.20. The molecule has 1 aromatic rings. The Morgan fingerprint density at radius 2 is 2.00 bits per heavy atom. The van der Waals surface area contributed by atoms with Crippen LogP contribution in [0.4, 0.5) is 5.69 Å². The van der Waals surface area contributed by atoms with Crippen LogP contribution in [0.5, 0.6) is 0 Å². The molecule has 0 bridgehead atoms. The Kier molecular flexibility index (Phi) is 3.84. The third-order valence-corrected chi connectivity index (χ3v) is 5.27. The number of hydrogen-bond acceptors (Lipinski definition) is 2. The van der Waals surface area contributed by atoms with E-state index >= 15 is 0 Å². The highest BCUT2D eigenvalue weighted by atomic mass is 35.5. The molecular weight excluding hydrogens is 272 g/mol. The van der Waals surface area contributed by atoms with Crippen molar-refractivity contribution < 1.29 is 8.42 Å². The lowest BCUT2D eigenvalue weighted by Gasteiger charge is -2.38. The standard InChI is InChI=1S/C12H17ClN2O2S/c1-10(2)15-9-11-5-3-4-6-12(11)14(8-7-13)18(15,16)17/h3-6,10H,7-9H2,1-2H3. The highest BCUT2D eigenvalue weighted by Gasteiger charge is 2.37. The van der Waals surface area contributed by atoms with Gasteiger partial charge in [0.1, 0.15) is 0 Å². The van der Waals surface area contributed by atoms with Crippen LogP contribution in [-0.4, -0.2) is 31.2 Å². The molecule has 0 unspecified atom stereocenters. The first-order valence-electron chi connectivity index (χ1n) is 5.92. The molecule has 0 spiro atoms. The van der Waals surface area contributed by atoms with Crippen LogP contribution in [0.2, 0.25) is 0 Å². The second kappa shape index (κ2) is 5.07. The molecule has 100 valence electrons. The zero-order valence-electron chi connectivity index (χ0n) is 10.5. The van der Waals surface area contributed by atoms with E-state index < -0.39 is 10.2 Å². The lowest BCUT2D eigenvalue weighted by atomic mass is 10.1. The van der Waals surface area contributed by atoms with E-state index in [2.05, 4.69) is 0 Å². The Balaban J connectivity index is 2.54. The quantitative estimate of drug-likeness (QED) is 0.800. The van der Waals surface area contributed by atoms with Crippen molar-refractivity contribution in [2.75, 3.05) is 16.7 Å². The van der Waals surface area contributed by atoms with E-state index in [0.717, 1.165) is 11.3 Å². The van der Waals surface area contributed by atoms with Gasteiger partial charge in [-0.25, -0.2) is 0 Å². The lowest BCUT2D eigenvalue weighted by Crippen LogP contribution is -2.50. The summed E-state index contributed by atoms with van der Waals surface area (Å²) in [7, 11) is -3.46. The minimum Gasteiger partial charge on any atom is -0.256 e. The molecule has 0 fully saturated rings. The summed E-state index contributed by atoms with van der Waals surface area (Å²) in [4.78, 5) is 0. The van der Waals surface area contributed by atoms with Gasteiger partial charge in [-0.05, 0) is 25.5 Å². The van der Waals surface area contributed by atoms with E-state index in [0.29, 0.717) is 13.1 Å². The summed E-state index contributed by atoms with van der Waals surface area (Å²) < 4.78 is 27.9. The number of hydrogen-bond donors (Lipinski definition) is 0. The minimum absolute atomic E-state index is 0.0684. The van der Waals surface area contributed by atoms with Gasteiger partial charge >= 0.3 is 10.2 Å². The van der Waals surface area contributed by atoms with Gasteiger partial charge in [-0.3, -0.25) is 4.31 Å². The number of nitrogens with zero attached hydrogens (tertiary/aromatic N) is 2. The van der Waals surface area contributed by atoms with Gasteiger partial charge in [-0.2, -0.15) is 12.7 Å². The van der Waals surface area contributed by atoms with Crippen molar-refractivity contribution in [2.24, 2.45) is 0 Å². The third-order valence-electron chi connectivity index (χ3n) is 3.02. The van der Waals surface area contributed by atoms with E-state index in [1.54, 1.807) is 0 Å². The molecule has 2 rings (SSSR count). The number of rotatable bonds is 3. The fourth-order valence-corrected chi connectivity index (χ4v) is 4.26. The van der Waals surface area contributed by atoms with E-state index in [1.165, 1.54) is 8.61 Å². The summed E-state index contributed by atoms with van der Waals surface area (Å²) >= 11 is 5.73. The molecule has 0 aliphatic carbocycles. The minimum atomic E-state index is -3.46. The van der Waals surface area contributed by atoms with Crippen LogP contribution in [-0.2, 0) is 16.8 Å². The fraction of sp³-hybridized carbons (Fsp3) is 0.500. The smallest absolute Gasteiger partial charge is 0.256 e. The Hall–Kier alpha value is -0.780. The van der Waals surface area contributed by atoms with Crippen LogP contribution in [0.3, 0.4) is 0 Å². The molecule has 1 aromatic carbocycles. The molecule has 6 heteroatoms. The summed E-state index contributed by atoms with van der Waals surface area (Å²) in [5.74, 6) is 0.277. The number of anilines is 1. The molecule has 18 heavy (non-hydrogen) atoms. The molecule has 0 N–H and O–H groups in total. The van der Waals surface area contributed by atoms with Gasteiger partial charge in [0.05, 0.1) is 5.69 Å². The lowest BCUT2D eigenvalue weighted by molar-refractivity contribution is 0.341. The van der Waals surface area contributed by atoms with E-state index in [4.69, 9.17) is 11.6 Å². The van der Waals surface area contributed by atoms with Gasteiger partial charge in [0.15, 0.2) is 0 Å². The molecule has 4 nitrogen and oxygen atoms in total. The van der Waals surface area contributed by atoms with Crippen molar-refractivity contribution in [2.45, 2.75) is 26.4 Å². The van der Waals surface area contributed by atoms with Gasteiger partial charge < -0.3 is 0 Å². The second-order valence-electron chi connectivity index (χ2n) is 4.54. The Morgan fingerprint density at radius 1 is 1.33 bits per heavy atom. The van der Waals surface area contributed by atoms with Gasteiger partial charge in [0.2, 0.25) is 0 Å². The van der Waals surface area contributed by atoms with E-state index in [9.17, 15) is 8.42 Å². The number of halogens is 1. The average molecular weight is 289 g/mol. The van der Waals surface area contributed by atoms with Gasteiger partial charge in [-0.15, -0.1) is 11.6 Å². The van der Waals surface area contributed by atoms with Crippen LogP contribution < -0.4 is 4.31 Å². The largest absolute Gasteiger partial charge is 0.304 e. The highest BCUT2D eigenvalue weighted by Crippen LogP contribution is 2.32. The maximum absolute atomic E-state index is 12.5. The van der Waals surface area contributed by atoms with Crippen LogP contribution in [0, 0.1) is 0 Å². The summed E-state index contributed by atoms with van der Waals surface area (Å²) in [5, 5.41) is 0. The van der Waals surface area contributed by atoms with Crippen LogP contribution >= 0.6 is 11.6 Å². The van der Waals surface area contributed by atoms with Crippen LogP contribution in [0.25, 0.3) is 0 Å². The first kappa shape index (κ1) is 13.6.